The van der Waals surface area contributed by atoms with Gasteiger partial charge in [-0.05, 0) is 23.8 Å². The van der Waals surface area contributed by atoms with Crippen molar-refractivity contribution in [1.29, 1.82) is 0 Å². The zero-order chi connectivity index (χ0) is 15.5. The molecule has 114 valence electrons. The summed E-state index contributed by atoms with van der Waals surface area (Å²) in [5.74, 6) is 0.973. The molecule has 0 fully saturated rings. The fourth-order valence-corrected chi connectivity index (χ4v) is 3.16. The molecule has 3 aromatic carbocycles. The number of hydrogen-bond acceptors (Lipinski definition) is 2. The van der Waals surface area contributed by atoms with Gasteiger partial charge in [-0.15, -0.1) is 0 Å². The molecule has 2 atom stereocenters. The summed E-state index contributed by atoms with van der Waals surface area (Å²) in [7, 11) is 0. The molecule has 1 aliphatic heterocycles. The molecule has 23 heavy (non-hydrogen) atoms. The smallest absolute Gasteiger partial charge is 0.126 e. The normalized spacial score (nSPS) is 19.5. The van der Waals surface area contributed by atoms with E-state index in [2.05, 4.69) is 72.0 Å². The van der Waals surface area contributed by atoms with E-state index in [1.165, 1.54) is 11.1 Å². The molecular weight excluding hydrogens is 282 g/mol. The van der Waals surface area contributed by atoms with Gasteiger partial charge in [0, 0.05) is 17.7 Å². The Morgan fingerprint density at radius 3 is 2.17 bits per heavy atom. The second-order valence-corrected chi connectivity index (χ2v) is 5.85. The second-order valence-electron chi connectivity index (χ2n) is 5.85. The maximum atomic E-state index is 6.25. The molecule has 2 heteroatoms. The van der Waals surface area contributed by atoms with E-state index in [0.717, 1.165) is 17.9 Å². The van der Waals surface area contributed by atoms with Crippen LogP contribution in [0.25, 0.3) is 0 Å². The number of nitrogens with one attached hydrogen (secondary N) is 1. The summed E-state index contributed by atoms with van der Waals surface area (Å²) in [5, 5.41) is 3.66. The summed E-state index contributed by atoms with van der Waals surface area (Å²) in [5.41, 5.74) is 3.59. The lowest BCUT2D eigenvalue weighted by Gasteiger charge is -2.33. The predicted molar refractivity (Wildman–Crippen MR) is 93.7 cm³/mol. The number of hydrogen-bond donors (Lipinski definition) is 1. The second kappa shape index (κ2) is 6.17. The molecule has 0 radical (unpaired) electrons. The zero-order valence-corrected chi connectivity index (χ0v) is 12.9. The first kappa shape index (κ1) is 13.9. The van der Waals surface area contributed by atoms with E-state index >= 15 is 0 Å². The quantitative estimate of drug-likeness (QED) is 0.703. The molecule has 3 aromatic rings. The van der Waals surface area contributed by atoms with Crippen molar-refractivity contribution in [3.05, 3.63) is 96.1 Å². The lowest BCUT2D eigenvalue weighted by atomic mass is 9.92. The average Bonchev–Trinajstić information content (AvgIpc) is 2.63. The van der Waals surface area contributed by atoms with Gasteiger partial charge in [-0.3, -0.25) is 0 Å². The first-order chi connectivity index (χ1) is 11.4. The molecule has 4 rings (SSSR count). The Morgan fingerprint density at radius 2 is 1.39 bits per heavy atom. The predicted octanol–water partition coefficient (Wildman–Crippen LogP) is 5.36. The highest BCUT2D eigenvalue weighted by atomic mass is 16.5. The maximum Gasteiger partial charge on any atom is 0.126 e. The first-order valence-electron chi connectivity index (χ1n) is 8.02. The molecule has 0 bridgehead atoms. The van der Waals surface area contributed by atoms with Crippen molar-refractivity contribution in [3.63, 3.8) is 0 Å². The number of rotatable bonds is 3. The lowest BCUT2D eigenvalue weighted by molar-refractivity contribution is 0.165. The number of anilines is 1. The molecule has 0 spiro atoms. The van der Waals surface area contributed by atoms with Crippen molar-refractivity contribution < 1.29 is 4.74 Å². The maximum absolute atomic E-state index is 6.25. The van der Waals surface area contributed by atoms with Gasteiger partial charge in [0.25, 0.3) is 0 Å². The molecule has 0 aromatic heterocycles. The number of para-hydroxylation sites is 2. The number of fused-ring (bicyclic) bond motifs is 1. The summed E-state index contributed by atoms with van der Waals surface area (Å²) < 4.78 is 6.25. The SMILES string of the molecule is c1ccc(N[C@@H]2C[C@H](c3ccccc3)Oc3ccccc32)cc1. The largest absolute Gasteiger partial charge is 0.485 e. The number of benzene rings is 3. The van der Waals surface area contributed by atoms with Crippen molar-refractivity contribution in [3.8, 4) is 5.75 Å². The van der Waals surface area contributed by atoms with Crippen LogP contribution in [0.3, 0.4) is 0 Å². The van der Waals surface area contributed by atoms with Gasteiger partial charge in [0.15, 0.2) is 0 Å². The van der Waals surface area contributed by atoms with Crippen molar-refractivity contribution >= 4 is 5.69 Å². The Labute approximate surface area is 136 Å². The zero-order valence-electron chi connectivity index (χ0n) is 12.9. The van der Waals surface area contributed by atoms with E-state index in [1.807, 2.05) is 18.2 Å². The molecule has 0 aliphatic carbocycles. The summed E-state index contributed by atoms with van der Waals surface area (Å²) in [4.78, 5) is 0. The first-order valence-corrected chi connectivity index (χ1v) is 8.02. The topological polar surface area (TPSA) is 21.3 Å². The van der Waals surface area contributed by atoms with Crippen molar-refractivity contribution in [2.75, 3.05) is 5.32 Å². The third-order valence-electron chi connectivity index (χ3n) is 4.30. The molecule has 0 saturated heterocycles. The van der Waals surface area contributed by atoms with E-state index in [0.29, 0.717) is 0 Å². The van der Waals surface area contributed by atoms with Crippen LogP contribution in [0.4, 0.5) is 5.69 Å². The van der Waals surface area contributed by atoms with Gasteiger partial charge in [0.05, 0.1) is 6.04 Å². The van der Waals surface area contributed by atoms with Crippen molar-refractivity contribution in [1.82, 2.24) is 0 Å². The van der Waals surface area contributed by atoms with E-state index in [9.17, 15) is 0 Å². The lowest BCUT2D eigenvalue weighted by Crippen LogP contribution is -2.23. The van der Waals surface area contributed by atoms with Gasteiger partial charge < -0.3 is 10.1 Å². The fourth-order valence-electron chi connectivity index (χ4n) is 3.16. The molecule has 2 nitrogen and oxygen atoms in total. The van der Waals surface area contributed by atoms with Gasteiger partial charge >= 0.3 is 0 Å². The van der Waals surface area contributed by atoms with Gasteiger partial charge in [0.1, 0.15) is 11.9 Å². The van der Waals surface area contributed by atoms with Crippen LogP contribution in [-0.2, 0) is 0 Å². The minimum absolute atomic E-state index is 0.0762. The van der Waals surface area contributed by atoms with Crippen LogP contribution in [0, 0.1) is 0 Å². The monoisotopic (exact) mass is 301 g/mol. The van der Waals surface area contributed by atoms with Crippen LogP contribution in [0.2, 0.25) is 0 Å². The molecule has 0 unspecified atom stereocenters. The highest BCUT2D eigenvalue weighted by molar-refractivity contribution is 5.49. The van der Waals surface area contributed by atoms with Crippen LogP contribution >= 0.6 is 0 Å². The summed E-state index contributed by atoms with van der Waals surface area (Å²) in [6.07, 6.45) is 0.989. The van der Waals surface area contributed by atoms with Gasteiger partial charge in [-0.1, -0.05) is 66.7 Å². The van der Waals surface area contributed by atoms with E-state index in [4.69, 9.17) is 4.74 Å². The third-order valence-corrected chi connectivity index (χ3v) is 4.30. The van der Waals surface area contributed by atoms with Crippen LogP contribution in [0.15, 0.2) is 84.9 Å². The van der Waals surface area contributed by atoms with E-state index in [-0.39, 0.29) is 12.1 Å². The van der Waals surface area contributed by atoms with E-state index in [1.54, 1.807) is 0 Å². The molecule has 1 aliphatic rings. The van der Waals surface area contributed by atoms with Crippen LogP contribution in [0.5, 0.6) is 5.75 Å². The van der Waals surface area contributed by atoms with Gasteiger partial charge in [-0.2, -0.15) is 0 Å². The van der Waals surface area contributed by atoms with Crippen molar-refractivity contribution in [2.24, 2.45) is 0 Å². The highest BCUT2D eigenvalue weighted by Gasteiger charge is 2.28. The van der Waals surface area contributed by atoms with E-state index < -0.39 is 0 Å². The average molecular weight is 301 g/mol. The Morgan fingerprint density at radius 1 is 0.739 bits per heavy atom. The van der Waals surface area contributed by atoms with Crippen LogP contribution in [-0.4, -0.2) is 0 Å². The number of ether oxygens (including phenoxy) is 1. The molecule has 0 saturated carbocycles. The summed E-state index contributed by atoms with van der Waals surface area (Å²) >= 11 is 0. The minimum Gasteiger partial charge on any atom is -0.485 e. The molecule has 1 heterocycles. The Hall–Kier alpha value is -2.74. The standard InChI is InChI=1S/C21H19NO/c1-3-9-16(10-4-1)21-15-19(22-17-11-5-2-6-12-17)18-13-7-8-14-20(18)23-21/h1-14,19,21-22H,15H2/t19-,21-/m1/s1. The van der Waals surface area contributed by atoms with Crippen LogP contribution in [0.1, 0.15) is 29.7 Å². The summed E-state index contributed by atoms with van der Waals surface area (Å²) in [6.45, 7) is 0. The Bertz CT molecular complexity index is 770. The Kier molecular flexibility index (Phi) is 3.73. The molecule has 0 amide bonds. The Balaban J connectivity index is 1.67. The highest BCUT2D eigenvalue weighted by Crippen LogP contribution is 2.42. The van der Waals surface area contributed by atoms with Gasteiger partial charge in [-0.25, -0.2) is 0 Å². The summed E-state index contributed by atoms with van der Waals surface area (Å²) in [6, 6.07) is 29.4. The van der Waals surface area contributed by atoms with Crippen molar-refractivity contribution in [2.45, 2.75) is 18.6 Å². The van der Waals surface area contributed by atoms with Crippen LogP contribution < -0.4 is 10.1 Å². The van der Waals surface area contributed by atoms with Gasteiger partial charge in [0.2, 0.25) is 0 Å². The fraction of sp³-hybridized carbons (Fsp3) is 0.143. The molecular formula is C21H19NO. The minimum atomic E-state index is 0.0762. The third kappa shape index (κ3) is 2.93. The molecule has 1 N–H and O–H groups in total.